The molecule has 78 valence electrons. The molecular formula is C12H20N2. The van der Waals surface area contributed by atoms with Gasteiger partial charge in [0.2, 0.25) is 0 Å². The summed E-state index contributed by atoms with van der Waals surface area (Å²) in [5.74, 6) is 0.689. The molecule has 0 radical (unpaired) electrons. The topological polar surface area (TPSA) is 24.9 Å². The van der Waals surface area contributed by atoms with Crippen LogP contribution in [0.15, 0.2) is 18.5 Å². The molecule has 0 spiro atoms. The van der Waals surface area contributed by atoms with Crippen molar-refractivity contribution in [1.29, 1.82) is 0 Å². The van der Waals surface area contributed by atoms with Gasteiger partial charge < -0.3 is 5.32 Å². The molecule has 0 saturated carbocycles. The van der Waals surface area contributed by atoms with Crippen molar-refractivity contribution in [3.8, 4) is 0 Å². The van der Waals surface area contributed by atoms with Gasteiger partial charge in [-0.25, -0.2) is 0 Å². The molecule has 1 aromatic rings. The predicted molar refractivity (Wildman–Crippen MR) is 61.5 cm³/mol. The number of nitrogens with one attached hydrogen (secondary N) is 1. The second-order valence-electron chi connectivity index (χ2n) is 4.01. The first kappa shape index (κ1) is 11.0. The third-order valence-corrected chi connectivity index (χ3v) is 2.92. The fourth-order valence-corrected chi connectivity index (χ4v) is 1.36. The van der Waals surface area contributed by atoms with Crippen molar-refractivity contribution >= 4 is 5.69 Å². The summed E-state index contributed by atoms with van der Waals surface area (Å²) in [5.41, 5.74) is 2.41. The van der Waals surface area contributed by atoms with Crippen molar-refractivity contribution in [3.63, 3.8) is 0 Å². The fraction of sp³-hybridized carbons (Fsp3) is 0.583. The first-order chi connectivity index (χ1) is 6.65. The van der Waals surface area contributed by atoms with Gasteiger partial charge in [-0.05, 0) is 31.4 Å². The van der Waals surface area contributed by atoms with Crippen molar-refractivity contribution < 1.29 is 0 Å². The van der Waals surface area contributed by atoms with E-state index in [0.717, 1.165) is 5.69 Å². The molecular weight excluding hydrogens is 172 g/mol. The second-order valence-corrected chi connectivity index (χ2v) is 4.01. The first-order valence-electron chi connectivity index (χ1n) is 5.32. The average Bonchev–Trinajstić information content (AvgIpc) is 2.20. The van der Waals surface area contributed by atoms with Gasteiger partial charge in [0.1, 0.15) is 0 Å². The number of anilines is 1. The van der Waals surface area contributed by atoms with Crippen LogP contribution >= 0.6 is 0 Å². The summed E-state index contributed by atoms with van der Waals surface area (Å²) in [5, 5.41) is 3.50. The van der Waals surface area contributed by atoms with E-state index in [2.05, 4.69) is 38.0 Å². The molecule has 0 fully saturated rings. The maximum atomic E-state index is 4.12. The third-order valence-electron chi connectivity index (χ3n) is 2.92. The summed E-state index contributed by atoms with van der Waals surface area (Å²) in [7, 11) is 0. The predicted octanol–water partition coefficient (Wildman–Crippen LogP) is 3.24. The van der Waals surface area contributed by atoms with Gasteiger partial charge in [-0.15, -0.1) is 0 Å². The van der Waals surface area contributed by atoms with E-state index in [9.17, 15) is 0 Å². The molecule has 1 heterocycles. The minimum atomic E-state index is 0.503. The van der Waals surface area contributed by atoms with Gasteiger partial charge in [0.05, 0.1) is 11.9 Å². The zero-order valence-electron chi connectivity index (χ0n) is 9.54. The Balaban J connectivity index is 2.64. The number of aromatic nitrogens is 1. The number of rotatable bonds is 4. The van der Waals surface area contributed by atoms with Crippen LogP contribution in [-0.2, 0) is 0 Å². The zero-order valence-corrected chi connectivity index (χ0v) is 9.54. The highest BCUT2D eigenvalue weighted by Crippen LogP contribution is 2.17. The average molecular weight is 192 g/mol. The summed E-state index contributed by atoms with van der Waals surface area (Å²) >= 11 is 0. The Kier molecular flexibility index (Phi) is 3.93. The zero-order chi connectivity index (χ0) is 10.6. The molecule has 1 aromatic heterocycles. The lowest BCUT2D eigenvalue weighted by Crippen LogP contribution is -2.23. The third kappa shape index (κ3) is 2.72. The van der Waals surface area contributed by atoms with Crippen LogP contribution in [0, 0.1) is 12.8 Å². The van der Waals surface area contributed by atoms with Crippen molar-refractivity contribution in [2.24, 2.45) is 5.92 Å². The fourth-order valence-electron chi connectivity index (χ4n) is 1.36. The van der Waals surface area contributed by atoms with Gasteiger partial charge in [-0.2, -0.15) is 0 Å². The molecule has 1 N–H and O–H groups in total. The van der Waals surface area contributed by atoms with Gasteiger partial charge in [0.25, 0.3) is 0 Å². The summed E-state index contributed by atoms with van der Waals surface area (Å²) in [6.45, 7) is 8.82. The van der Waals surface area contributed by atoms with E-state index < -0.39 is 0 Å². The van der Waals surface area contributed by atoms with E-state index in [-0.39, 0.29) is 0 Å². The van der Waals surface area contributed by atoms with Crippen LogP contribution in [0.25, 0.3) is 0 Å². The number of hydrogen-bond acceptors (Lipinski definition) is 2. The lowest BCUT2D eigenvalue weighted by Gasteiger charge is -2.21. The molecule has 2 nitrogen and oxygen atoms in total. The molecule has 0 amide bonds. The van der Waals surface area contributed by atoms with Crippen molar-refractivity contribution in [1.82, 2.24) is 4.98 Å². The Labute approximate surface area is 86.8 Å². The Morgan fingerprint density at radius 1 is 1.43 bits per heavy atom. The molecule has 0 aliphatic carbocycles. The normalized spacial score (nSPS) is 14.9. The largest absolute Gasteiger partial charge is 0.381 e. The Morgan fingerprint density at radius 2 is 2.14 bits per heavy atom. The Hall–Kier alpha value is -1.05. The van der Waals surface area contributed by atoms with Crippen LogP contribution in [0.1, 0.15) is 32.8 Å². The van der Waals surface area contributed by atoms with E-state index in [0.29, 0.717) is 12.0 Å². The van der Waals surface area contributed by atoms with E-state index in [4.69, 9.17) is 0 Å². The van der Waals surface area contributed by atoms with E-state index in [1.54, 1.807) is 0 Å². The van der Waals surface area contributed by atoms with E-state index in [1.807, 2.05) is 18.5 Å². The molecule has 14 heavy (non-hydrogen) atoms. The van der Waals surface area contributed by atoms with Crippen LogP contribution in [0.5, 0.6) is 0 Å². The van der Waals surface area contributed by atoms with Gasteiger partial charge in [0.15, 0.2) is 0 Å². The quantitative estimate of drug-likeness (QED) is 0.792. The van der Waals surface area contributed by atoms with E-state index in [1.165, 1.54) is 12.0 Å². The molecule has 0 unspecified atom stereocenters. The van der Waals surface area contributed by atoms with Crippen molar-refractivity contribution in [2.75, 3.05) is 5.32 Å². The van der Waals surface area contributed by atoms with Gasteiger partial charge in [0, 0.05) is 12.2 Å². The van der Waals surface area contributed by atoms with Gasteiger partial charge >= 0.3 is 0 Å². The number of pyridine rings is 1. The SMILES string of the molecule is CC[C@@H](C)[C@@H](C)Nc1cnccc1C. The highest BCUT2D eigenvalue weighted by molar-refractivity contribution is 5.48. The van der Waals surface area contributed by atoms with Crippen molar-refractivity contribution in [3.05, 3.63) is 24.0 Å². The molecule has 0 aromatic carbocycles. The number of aryl methyl sites for hydroxylation is 1. The lowest BCUT2D eigenvalue weighted by molar-refractivity contribution is 0.494. The standard InChI is InChI=1S/C12H20N2/c1-5-9(2)11(4)14-12-8-13-7-6-10(12)3/h6-9,11,14H,5H2,1-4H3/t9-,11-/m1/s1. The van der Waals surface area contributed by atoms with E-state index >= 15 is 0 Å². The minimum absolute atomic E-state index is 0.503. The van der Waals surface area contributed by atoms with Crippen LogP contribution in [0.3, 0.4) is 0 Å². The van der Waals surface area contributed by atoms with Crippen molar-refractivity contribution in [2.45, 2.75) is 40.2 Å². The summed E-state index contributed by atoms with van der Waals surface area (Å²) < 4.78 is 0. The second kappa shape index (κ2) is 4.99. The summed E-state index contributed by atoms with van der Waals surface area (Å²) in [4.78, 5) is 4.12. The molecule has 2 atom stereocenters. The molecule has 2 heteroatoms. The highest BCUT2D eigenvalue weighted by Gasteiger charge is 2.10. The highest BCUT2D eigenvalue weighted by atomic mass is 14.9. The molecule has 0 aliphatic heterocycles. The van der Waals surface area contributed by atoms with Crippen LogP contribution in [0.4, 0.5) is 5.69 Å². The van der Waals surface area contributed by atoms with Gasteiger partial charge in [-0.1, -0.05) is 20.3 Å². The first-order valence-corrected chi connectivity index (χ1v) is 5.32. The smallest absolute Gasteiger partial charge is 0.0558 e. The van der Waals surface area contributed by atoms with Gasteiger partial charge in [-0.3, -0.25) is 4.98 Å². The maximum Gasteiger partial charge on any atom is 0.0558 e. The molecule has 0 bridgehead atoms. The number of hydrogen-bond donors (Lipinski definition) is 1. The molecule has 1 rings (SSSR count). The molecule has 0 aliphatic rings. The Morgan fingerprint density at radius 3 is 2.71 bits per heavy atom. The number of nitrogens with zero attached hydrogens (tertiary/aromatic N) is 1. The summed E-state index contributed by atoms with van der Waals surface area (Å²) in [6, 6.07) is 2.54. The van der Waals surface area contributed by atoms with Crippen LogP contribution in [0.2, 0.25) is 0 Å². The summed E-state index contributed by atoms with van der Waals surface area (Å²) in [6.07, 6.45) is 4.93. The minimum Gasteiger partial charge on any atom is -0.381 e. The van der Waals surface area contributed by atoms with Crippen LogP contribution in [-0.4, -0.2) is 11.0 Å². The lowest BCUT2D eigenvalue weighted by atomic mass is 10.0. The monoisotopic (exact) mass is 192 g/mol. The molecule has 0 saturated heterocycles. The maximum absolute atomic E-state index is 4.12. The Bertz CT molecular complexity index is 283. The van der Waals surface area contributed by atoms with Crippen LogP contribution < -0.4 is 5.32 Å².